The van der Waals surface area contributed by atoms with E-state index in [4.69, 9.17) is 6.42 Å². The smallest absolute Gasteiger partial charge is 0.113 e. The molecule has 0 fully saturated rings. The van der Waals surface area contributed by atoms with Gasteiger partial charge in [0.25, 0.3) is 0 Å². The summed E-state index contributed by atoms with van der Waals surface area (Å²) >= 11 is 0. The highest BCUT2D eigenvalue weighted by molar-refractivity contribution is 5.72. The number of rotatable bonds is 0. The molecular formula is C7H7N. The van der Waals surface area contributed by atoms with E-state index in [0.29, 0.717) is 0 Å². The largest absolute Gasteiger partial charge is 0.277 e. The van der Waals surface area contributed by atoms with E-state index in [-0.39, 0.29) is 6.04 Å². The van der Waals surface area contributed by atoms with Gasteiger partial charge in [0.2, 0.25) is 0 Å². The molecular weight excluding hydrogens is 98.1 g/mol. The summed E-state index contributed by atoms with van der Waals surface area (Å²) in [7, 11) is 0. The summed E-state index contributed by atoms with van der Waals surface area (Å²) in [6.07, 6.45) is 11.7. The van der Waals surface area contributed by atoms with Crippen LogP contribution in [-0.2, 0) is 0 Å². The highest BCUT2D eigenvalue weighted by Gasteiger charge is 1.98. The minimum atomic E-state index is 0.0972. The van der Waals surface area contributed by atoms with Crippen LogP contribution in [0.1, 0.15) is 6.42 Å². The lowest BCUT2D eigenvalue weighted by Gasteiger charge is -2.01. The van der Waals surface area contributed by atoms with Crippen LogP contribution in [0.3, 0.4) is 0 Å². The van der Waals surface area contributed by atoms with Gasteiger partial charge >= 0.3 is 0 Å². The van der Waals surface area contributed by atoms with Crippen molar-refractivity contribution in [1.82, 2.24) is 0 Å². The van der Waals surface area contributed by atoms with Gasteiger partial charge in [-0.25, -0.2) is 0 Å². The fraction of sp³-hybridized carbons (Fsp3) is 0.286. The van der Waals surface area contributed by atoms with Gasteiger partial charge in [0.1, 0.15) is 6.04 Å². The van der Waals surface area contributed by atoms with Gasteiger partial charge in [0.15, 0.2) is 0 Å². The Labute approximate surface area is 49.1 Å². The Hall–Kier alpha value is -1.03. The number of hydrogen-bond donors (Lipinski definition) is 0. The fourth-order valence-electron chi connectivity index (χ4n) is 0.594. The first kappa shape index (κ1) is 5.11. The van der Waals surface area contributed by atoms with Gasteiger partial charge in [-0.15, -0.1) is 6.42 Å². The molecule has 0 bridgehead atoms. The first-order chi connectivity index (χ1) is 3.93. The molecule has 0 aromatic heterocycles. The molecule has 40 valence electrons. The zero-order chi connectivity index (χ0) is 5.82. The Balaban J connectivity index is 2.55. The SMILES string of the molecule is C#CC1CC=CC=N1. The van der Waals surface area contributed by atoms with Crippen molar-refractivity contribution in [2.45, 2.75) is 12.5 Å². The van der Waals surface area contributed by atoms with Gasteiger partial charge in [0.05, 0.1) is 0 Å². The van der Waals surface area contributed by atoms with Crippen LogP contribution in [0.25, 0.3) is 0 Å². The van der Waals surface area contributed by atoms with Gasteiger partial charge in [-0.3, -0.25) is 4.99 Å². The zero-order valence-electron chi connectivity index (χ0n) is 4.54. The highest BCUT2D eigenvalue weighted by Crippen LogP contribution is 2.00. The Kier molecular flexibility index (Phi) is 1.48. The molecule has 1 heterocycles. The summed E-state index contributed by atoms with van der Waals surface area (Å²) in [5.74, 6) is 2.55. The molecule has 0 aliphatic carbocycles. The molecule has 1 nitrogen and oxygen atoms in total. The summed E-state index contributed by atoms with van der Waals surface area (Å²) in [6.45, 7) is 0. The number of terminal acetylenes is 1. The molecule has 0 spiro atoms. The highest BCUT2D eigenvalue weighted by atomic mass is 14.8. The molecule has 1 unspecified atom stereocenters. The molecule has 0 saturated carbocycles. The first-order valence-corrected chi connectivity index (χ1v) is 2.58. The minimum absolute atomic E-state index is 0.0972. The molecule has 0 amide bonds. The predicted octanol–water partition coefficient (Wildman–Crippen LogP) is 1.02. The molecule has 1 aliphatic heterocycles. The lowest BCUT2D eigenvalue weighted by atomic mass is 10.2. The normalized spacial score (nSPS) is 25.1. The van der Waals surface area contributed by atoms with Gasteiger partial charge in [0, 0.05) is 6.21 Å². The third kappa shape index (κ3) is 0.974. The Bertz CT molecular complexity index is 160. The minimum Gasteiger partial charge on any atom is -0.277 e. The van der Waals surface area contributed by atoms with Crippen LogP contribution in [-0.4, -0.2) is 12.3 Å². The van der Waals surface area contributed by atoms with Crippen LogP contribution in [0.4, 0.5) is 0 Å². The summed E-state index contributed by atoms with van der Waals surface area (Å²) in [4.78, 5) is 4.00. The zero-order valence-corrected chi connectivity index (χ0v) is 4.54. The predicted molar refractivity (Wildman–Crippen MR) is 34.9 cm³/mol. The molecule has 1 aliphatic rings. The molecule has 0 radical (unpaired) electrons. The van der Waals surface area contributed by atoms with Crippen LogP contribution < -0.4 is 0 Å². The molecule has 0 aromatic rings. The molecule has 8 heavy (non-hydrogen) atoms. The third-order valence-corrected chi connectivity index (χ3v) is 1.04. The van der Waals surface area contributed by atoms with Crippen LogP contribution >= 0.6 is 0 Å². The molecule has 1 heteroatoms. The maximum absolute atomic E-state index is 5.11. The maximum Gasteiger partial charge on any atom is 0.113 e. The second-order valence-corrected chi connectivity index (χ2v) is 1.64. The number of nitrogens with zero attached hydrogens (tertiary/aromatic N) is 1. The van der Waals surface area contributed by atoms with E-state index in [9.17, 15) is 0 Å². The lowest BCUT2D eigenvalue weighted by Crippen LogP contribution is -2.01. The van der Waals surface area contributed by atoms with Crippen LogP contribution in [0.15, 0.2) is 17.1 Å². The summed E-state index contributed by atoms with van der Waals surface area (Å²) < 4.78 is 0. The molecule has 0 saturated heterocycles. The molecule has 0 N–H and O–H groups in total. The van der Waals surface area contributed by atoms with Gasteiger partial charge in [-0.2, -0.15) is 0 Å². The average molecular weight is 105 g/mol. The molecule has 0 aromatic carbocycles. The van der Waals surface area contributed by atoms with Crippen molar-refractivity contribution in [2.24, 2.45) is 4.99 Å². The van der Waals surface area contributed by atoms with Crippen molar-refractivity contribution < 1.29 is 0 Å². The second kappa shape index (κ2) is 2.32. The van der Waals surface area contributed by atoms with E-state index in [2.05, 4.69) is 10.9 Å². The summed E-state index contributed by atoms with van der Waals surface area (Å²) in [6, 6.07) is 0.0972. The van der Waals surface area contributed by atoms with E-state index in [1.165, 1.54) is 0 Å². The molecule has 1 atom stereocenters. The number of allylic oxidation sites excluding steroid dienone is 1. The van der Waals surface area contributed by atoms with Gasteiger partial charge in [-0.05, 0) is 12.5 Å². The lowest BCUT2D eigenvalue weighted by molar-refractivity contribution is 0.860. The van der Waals surface area contributed by atoms with Crippen LogP contribution in [0, 0.1) is 12.3 Å². The van der Waals surface area contributed by atoms with Crippen molar-refractivity contribution in [2.75, 3.05) is 0 Å². The van der Waals surface area contributed by atoms with Crippen molar-refractivity contribution in [3.63, 3.8) is 0 Å². The topological polar surface area (TPSA) is 12.4 Å². The van der Waals surface area contributed by atoms with E-state index in [1.54, 1.807) is 6.21 Å². The fourth-order valence-corrected chi connectivity index (χ4v) is 0.594. The van der Waals surface area contributed by atoms with Crippen molar-refractivity contribution >= 4 is 6.21 Å². The number of dihydropyridines is 1. The second-order valence-electron chi connectivity index (χ2n) is 1.64. The summed E-state index contributed by atoms with van der Waals surface area (Å²) in [5, 5.41) is 0. The van der Waals surface area contributed by atoms with Gasteiger partial charge in [-0.1, -0.05) is 12.0 Å². The van der Waals surface area contributed by atoms with E-state index in [1.807, 2.05) is 12.2 Å². The third-order valence-electron chi connectivity index (χ3n) is 1.04. The van der Waals surface area contributed by atoms with Crippen molar-refractivity contribution in [3.05, 3.63) is 12.2 Å². The van der Waals surface area contributed by atoms with Crippen molar-refractivity contribution in [3.8, 4) is 12.3 Å². The van der Waals surface area contributed by atoms with E-state index in [0.717, 1.165) is 6.42 Å². The average Bonchev–Trinajstić information content (AvgIpc) is 1.90. The Morgan fingerprint density at radius 3 is 3.00 bits per heavy atom. The van der Waals surface area contributed by atoms with Crippen LogP contribution in [0.2, 0.25) is 0 Å². The number of aliphatic imine (C=N–C) groups is 1. The molecule has 1 rings (SSSR count). The van der Waals surface area contributed by atoms with Crippen LogP contribution in [0.5, 0.6) is 0 Å². The monoisotopic (exact) mass is 105 g/mol. The standard InChI is InChI=1S/C7H7N/c1-2-7-5-3-4-6-8-7/h1,3-4,6-7H,5H2. The quantitative estimate of drug-likeness (QED) is 0.408. The number of hydrogen-bond acceptors (Lipinski definition) is 1. The maximum atomic E-state index is 5.11. The van der Waals surface area contributed by atoms with E-state index >= 15 is 0 Å². The van der Waals surface area contributed by atoms with Gasteiger partial charge < -0.3 is 0 Å². The Morgan fingerprint density at radius 2 is 2.62 bits per heavy atom. The Morgan fingerprint density at radius 1 is 1.75 bits per heavy atom. The van der Waals surface area contributed by atoms with Crippen molar-refractivity contribution in [1.29, 1.82) is 0 Å². The van der Waals surface area contributed by atoms with E-state index < -0.39 is 0 Å². The first-order valence-electron chi connectivity index (χ1n) is 2.58. The summed E-state index contributed by atoms with van der Waals surface area (Å²) in [5.41, 5.74) is 0.